The number of esters is 1. The molecule has 0 aromatic heterocycles. The third-order valence-corrected chi connectivity index (χ3v) is 5.54. The summed E-state index contributed by atoms with van der Waals surface area (Å²) in [6, 6.07) is 12.9. The fraction of sp³-hybridized carbons (Fsp3) is 0.292. The van der Waals surface area contributed by atoms with Gasteiger partial charge >= 0.3 is 5.97 Å². The number of amides is 2. The smallest absolute Gasteiger partial charge is 0.326 e. The number of thioether (sulfide) groups is 1. The molecule has 0 saturated carbocycles. The Labute approximate surface area is 201 Å². The number of benzene rings is 2. The van der Waals surface area contributed by atoms with E-state index in [4.69, 9.17) is 25.8 Å². The van der Waals surface area contributed by atoms with E-state index < -0.39 is 29.3 Å². The molecular formula is C24H24ClNO6S. The summed E-state index contributed by atoms with van der Waals surface area (Å²) in [5.41, 5.74) is 0.803. The monoisotopic (exact) mass is 489 g/mol. The third kappa shape index (κ3) is 6.52. The molecule has 174 valence electrons. The van der Waals surface area contributed by atoms with Crippen LogP contribution in [-0.4, -0.2) is 41.3 Å². The fourth-order valence-corrected chi connectivity index (χ4v) is 4.10. The normalized spacial score (nSPS) is 15.2. The summed E-state index contributed by atoms with van der Waals surface area (Å²) in [7, 11) is 1.49. The van der Waals surface area contributed by atoms with Crippen LogP contribution in [-0.2, 0) is 20.9 Å². The van der Waals surface area contributed by atoms with Crippen molar-refractivity contribution in [1.29, 1.82) is 0 Å². The Bertz CT molecular complexity index is 1090. The molecule has 0 atom stereocenters. The van der Waals surface area contributed by atoms with Crippen LogP contribution in [0.25, 0.3) is 6.08 Å². The average Bonchev–Trinajstić information content (AvgIpc) is 2.99. The molecule has 1 aliphatic rings. The van der Waals surface area contributed by atoms with Crippen LogP contribution in [0, 0.1) is 0 Å². The van der Waals surface area contributed by atoms with Gasteiger partial charge < -0.3 is 14.2 Å². The van der Waals surface area contributed by atoms with Crippen molar-refractivity contribution in [2.45, 2.75) is 33.0 Å². The number of ether oxygens (including phenoxy) is 3. The van der Waals surface area contributed by atoms with Crippen molar-refractivity contribution in [3.05, 3.63) is 63.5 Å². The van der Waals surface area contributed by atoms with Crippen LogP contribution in [0.15, 0.2) is 47.4 Å². The summed E-state index contributed by atoms with van der Waals surface area (Å²) in [4.78, 5) is 38.1. The predicted molar refractivity (Wildman–Crippen MR) is 127 cm³/mol. The number of hydrogen-bond acceptors (Lipinski definition) is 7. The van der Waals surface area contributed by atoms with Crippen molar-refractivity contribution in [1.82, 2.24) is 4.90 Å². The predicted octanol–water partition coefficient (Wildman–Crippen LogP) is 5.31. The Morgan fingerprint density at radius 1 is 1.15 bits per heavy atom. The van der Waals surface area contributed by atoms with E-state index in [2.05, 4.69) is 0 Å². The standard InChI is InChI=1S/C24H24ClNO6S/c1-24(2,3)32-20(27)13-26-22(28)19(33-23(26)29)12-16-10-17(25)21(18(11-16)30-4)31-14-15-8-6-5-7-9-15/h5-12H,13-14H2,1-4H3. The molecule has 0 radical (unpaired) electrons. The zero-order valence-electron chi connectivity index (χ0n) is 18.7. The maximum atomic E-state index is 12.7. The van der Waals surface area contributed by atoms with Crippen molar-refractivity contribution in [2.75, 3.05) is 13.7 Å². The lowest BCUT2D eigenvalue weighted by atomic mass is 10.1. The van der Waals surface area contributed by atoms with Gasteiger partial charge in [0.05, 0.1) is 17.0 Å². The first-order valence-corrected chi connectivity index (χ1v) is 11.3. The van der Waals surface area contributed by atoms with E-state index in [0.717, 1.165) is 22.2 Å². The second-order valence-electron chi connectivity index (χ2n) is 8.16. The number of carbonyl (C=O) groups is 3. The number of halogens is 1. The summed E-state index contributed by atoms with van der Waals surface area (Å²) >= 11 is 7.17. The third-order valence-electron chi connectivity index (χ3n) is 4.36. The molecule has 7 nitrogen and oxygen atoms in total. The highest BCUT2D eigenvalue weighted by atomic mass is 35.5. The number of imide groups is 1. The minimum atomic E-state index is -0.716. The Balaban J connectivity index is 1.77. The number of carbonyl (C=O) groups excluding carboxylic acids is 3. The van der Waals surface area contributed by atoms with E-state index in [1.807, 2.05) is 30.3 Å². The first kappa shape index (κ1) is 24.7. The highest BCUT2D eigenvalue weighted by Crippen LogP contribution is 2.39. The molecule has 1 heterocycles. The van der Waals surface area contributed by atoms with Gasteiger partial charge in [-0.05, 0) is 61.9 Å². The first-order chi connectivity index (χ1) is 15.6. The van der Waals surface area contributed by atoms with Crippen molar-refractivity contribution in [3.8, 4) is 11.5 Å². The van der Waals surface area contributed by atoms with Gasteiger partial charge in [0.15, 0.2) is 11.5 Å². The van der Waals surface area contributed by atoms with Gasteiger partial charge in [-0.25, -0.2) is 0 Å². The molecule has 1 fully saturated rings. The lowest BCUT2D eigenvalue weighted by molar-refractivity contribution is -0.156. The van der Waals surface area contributed by atoms with Crippen molar-refractivity contribution >= 4 is 46.6 Å². The van der Waals surface area contributed by atoms with Crippen LogP contribution in [0.5, 0.6) is 11.5 Å². The van der Waals surface area contributed by atoms with Crippen LogP contribution in [0.4, 0.5) is 4.79 Å². The maximum absolute atomic E-state index is 12.7. The Morgan fingerprint density at radius 3 is 2.48 bits per heavy atom. The molecule has 2 aromatic carbocycles. The molecule has 9 heteroatoms. The molecule has 0 aliphatic carbocycles. The van der Waals surface area contributed by atoms with E-state index in [1.165, 1.54) is 13.2 Å². The van der Waals surface area contributed by atoms with Gasteiger partial charge in [0.2, 0.25) is 0 Å². The van der Waals surface area contributed by atoms with Gasteiger partial charge in [0.25, 0.3) is 11.1 Å². The highest BCUT2D eigenvalue weighted by Gasteiger charge is 2.37. The van der Waals surface area contributed by atoms with E-state index in [-0.39, 0.29) is 4.91 Å². The van der Waals surface area contributed by atoms with Gasteiger partial charge in [-0.15, -0.1) is 0 Å². The van der Waals surface area contributed by atoms with Crippen LogP contribution >= 0.6 is 23.4 Å². The average molecular weight is 490 g/mol. The van der Waals surface area contributed by atoms with Crippen LogP contribution < -0.4 is 9.47 Å². The topological polar surface area (TPSA) is 82.1 Å². The zero-order chi connectivity index (χ0) is 24.2. The van der Waals surface area contributed by atoms with Crippen LogP contribution in [0.3, 0.4) is 0 Å². The Kier molecular flexibility index (Phi) is 7.71. The van der Waals surface area contributed by atoms with E-state index in [1.54, 1.807) is 32.9 Å². The molecule has 33 heavy (non-hydrogen) atoms. The van der Waals surface area contributed by atoms with Gasteiger partial charge in [0, 0.05) is 0 Å². The van der Waals surface area contributed by atoms with Crippen molar-refractivity contribution in [3.63, 3.8) is 0 Å². The van der Waals surface area contributed by atoms with Crippen molar-refractivity contribution < 1.29 is 28.6 Å². The first-order valence-electron chi connectivity index (χ1n) is 10.1. The minimum absolute atomic E-state index is 0.166. The second-order valence-corrected chi connectivity index (χ2v) is 9.56. The lowest BCUT2D eigenvalue weighted by Crippen LogP contribution is -2.37. The van der Waals surface area contributed by atoms with Crippen LogP contribution in [0.1, 0.15) is 31.9 Å². The Hall–Kier alpha value is -2.97. The Morgan fingerprint density at radius 2 is 1.85 bits per heavy atom. The van der Waals surface area contributed by atoms with Gasteiger partial charge in [-0.2, -0.15) is 0 Å². The summed E-state index contributed by atoms with van der Waals surface area (Å²) < 4.78 is 16.5. The number of rotatable bonds is 7. The number of methoxy groups -OCH3 is 1. The molecule has 0 spiro atoms. The minimum Gasteiger partial charge on any atom is -0.493 e. The number of hydrogen-bond donors (Lipinski definition) is 0. The van der Waals surface area contributed by atoms with Crippen molar-refractivity contribution in [2.24, 2.45) is 0 Å². The van der Waals surface area contributed by atoms with E-state index in [9.17, 15) is 14.4 Å². The molecule has 0 unspecified atom stereocenters. The molecular weight excluding hydrogens is 466 g/mol. The molecule has 0 bridgehead atoms. The fourth-order valence-electron chi connectivity index (χ4n) is 2.98. The second kappa shape index (κ2) is 10.3. The summed E-state index contributed by atoms with van der Waals surface area (Å²) in [6.07, 6.45) is 1.52. The molecule has 2 amide bonds. The SMILES string of the molecule is COc1cc(C=C2SC(=O)N(CC(=O)OC(C)(C)C)C2=O)cc(Cl)c1OCc1ccccc1. The summed E-state index contributed by atoms with van der Waals surface area (Å²) in [6.45, 7) is 4.99. The summed E-state index contributed by atoms with van der Waals surface area (Å²) in [5, 5.41) is -0.248. The van der Waals surface area contributed by atoms with Gasteiger partial charge in [-0.3, -0.25) is 19.3 Å². The highest BCUT2D eigenvalue weighted by molar-refractivity contribution is 8.18. The van der Waals surface area contributed by atoms with Crippen LogP contribution in [0.2, 0.25) is 5.02 Å². The van der Waals surface area contributed by atoms with Gasteiger partial charge in [0.1, 0.15) is 18.8 Å². The van der Waals surface area contributed by atoms with Gasteiger partial charge in [-0.1, -0.05) is 41.9 Å². The molecule has 0 N–H and O–H groups in total. The van der Waals surface area contributed by atoms with E-state index in [0.29, 0.717) is 28.7 Å². The molecule has 2 aromatic rings. The molecule has 1 aliphatic heterocycles. The molecule has 1 saturated heterocycles. The summed E-state index contributed by atoms with van der Waals surface area (Å²) in [5.74, 6) is -0.470. The number of nitrogens with zero attached hydrogens (tertiary/aromatic N) is 1. The lowest BCUT2D eigenvalue weighted by Gasteiger charge is -2.21. The van der Waals surface area contributed by atoms with E-state index >= 15 is 0 Å². The maximum Gasteiger partial charge on any atom is 0.326 e. The zero-order valence-corrected chi connectivity index (χ0v) is 20.3. The quantitative estimate of drug-likeness (QED) is 0.385. The largest absolute Gasteiger partial charge is 0.493 e. The molecule has 3 rings (SSSR count).